The Morgan fingerprint density at radius 2 is 1.64 bits per heavy atom. The van der Waals surface area contributed by atoms with Gasteiger partial charge in [0.2, 0.25) is 0 Å². The number of rotatable bonds is 1. The molecule has 2 aromatic carbocycles. The lowest BCUT2D eigenvalue weighted by Crippen LogP contribution is -2.33. The van der Waals surface area contributed by atoms with E-state index in [1.807, 2.05) is 11.3 Å². The van der Waals surface area contributed by atoms with E-state index in [9.17, 15) is 0 Å². The number of nitrogens with zero attached hydrogens (tertiary/aromatic N) is 3. The Bertz CT molecular complexity index is 1200. The Morgan fingerprint density at radius 1 is 0.964 bits per heavy atom. The van der Waals surface area contributed by atoms with Crippen LogP contribution >= 0.6 is 11.3 Å². The van der Waals surface area contributed by atoms with E-state index in [0.717, 1.165) is 5.52 Å². The van der Waals surface area contributed by atoms with Gasteiger partial charge >= 0.3 is 0 Å². The molecule has 0 saturated heterocycles. The summed E-state index contributed by atoms with van der Waals surface area (Å²) in [5.74, 6) is 1.25. The number of benzene rings is 2. The molecule has 0 bridgehead atoms. The summed E-state index contributed by atoms with van der Waals surface area (Å²) in [5.41, 5.74) is 6.23. The average Bonchev–Trinajstić information content (AvgIpc) is 3.14. The summed E-state index contributed by atoms with van der Waals surface area (Å²) in [4.78, 5) is 4.99. The van der Waals surface area contributed by atoms with Gasteiger partial charge in [0.1, 0.15) is 5.54 Å². The summed E-state index contributed by atoms with van der Waals surface area (Å²) in [6.07, 6.45) is 0. The molecule has 0 N–H and O–H groups in total. The van der Waals surface area contributed by atoms with Crippen LogP contribution in [0, 0.1) is 6.92 Å². The van der Waals surface area contributed by atoms with Crippen molar-refractivity contribution in [3.8, 4) is 11.4 Å². The second-order valence-corrected chi connectivity index (χ2v) is 10.8. The zero-order valence-corrected chi connectivity index (χ0v) is 19.0. The van der Waals surface area contributed by atoms with E-state index in [4.69, 9.17) is 4.98 Å². The molecule has 0 spiro atoms. The molecule has 0 atom stereocenters. The van der Waals surface area contributed by atoms with Crippen LogP contribution in [0.2, 0.25) is 0 Å². The van der Waals surface area contributed by atoms with Crippen molar-refractivity contribution in [3.63, 3.8) is 0 Å². The lowest BCUT2D eigenvalue weighted by molar-refractivity contribution is -0.634. The minimum Gasteiger partial charge on any atom is -0.241 e. The minimum atomic E-state index is -0.0393. The largest absolute Gasteiger partial charge is 0.291 e. The lowest BCUT2D eigenvalue weighted by atomic mass is 9.98. The molecule has 0 aliphatic rings. The van der Waals surface area contributed by atoms with Crippen molar-refractivity contribution in [2.24, 2.45) is 7.05 Å². The highest BCUT2D eigenvalue weighted by atomic mass is 32.1. The molecule has 2 heterocycles. The van der Waals surface area contributed by atoms with Gasteiger partial charge in [0.15, 0.2) is 11.0 Å². The fourth-order valence-corrected chi connectivity index (χ4v) is 5.18. The molecule has 146 valence electrons. The summed E-state index contributed by atoms with van der Waals surface area (Å²) in [6.45, 7) is 15.8. The summed E-state index contributed by atoms with van der Waals surface area (Å²) in [5, 5.41) is 1.19. The first-order chi connectivity index (χ1) is 13.0. The second kappa shape index (κ2) is 6.15. The number of aromatic nitrogens is 3. The van der Waals surface area contributed by atoms with Gasteiger partial charge in [-0.1, -0.05) is 39.0 Å². The monoisotopic (exact) mass is 392 g/mol. The van der Waals surface area contributed by atoms with Crippen molar-refractivity contribution in [2.45, 2.75) is 59.4 Å². The maximum Gasteiger partial charge on any atom is 0.291 e. The van der Waals surface area contributed by atoms with Crippen LogP contribution in [-0.4, -0.2) is 9.55 Å². The number of hydrogen-bond acceptors (Lipinski definition) is 2. The number of para-hydroxylation sites is 2. The van der Waals surface area contributed by atoms with Crippen LogP contribution in [0.15, 0.2) is 36.4 Å². The van der Waals surface area contributed by atoms with Gasteiger partial charge in [-0.3, -0.25) is 0 Å². The van der Waals surface area contributed by atoms with Gasteiger partial charge in [0.05, 0.1) is 27.8 Å². The van der Waals surface area contributed by atoms with Crippen molar-refractivity contribution in [1.29, 1.82) is 0 Å². The Kier molecular flexibility index (Phi) is 4.20. The molecular formula is C24H30N3S+. The zero-order valence-electron chi connectivity index (χ0n) is 18.2. The van der Waals surface area contributed by atoms with Gasteiger partial charge in [0.25, 0.3) is 5.82 Å². The molecular weight excluding hydrogens is 362 g/mol. The summed E-state index contributed by atoms with van der Waals surface area (Å²) >= 11 is 1.84. The fraction of sp³-hybridized carbons (Fsp3) is 0.417. The Morgan fingerprint density at radius 3 is 2.29 bits per heavy atom. The summed E-state index contributed by atoms with van der Waals surface area (Å²) in [6, 6.07) is 13.1. The number of thiazole rings is 1. The maximum absolute atomic E-state index is 4.99. The molecule has 4 heteroatoms. The normalized spacial score (nSPS) is 13.0. The molecule has 2 aromatic heterocycles. The molecule has 4 aromatic rings. The Labute approximate surface area is 171 Å². The van der Waals surface area contributed by atoms with Gasteiger partial charge in [-0.15, -0.1) is 11.3 Å². The smallest absolute Gasteiger partial charge is 0.241 e. The second-order valence-electron chi connectivity index (χ2n) is 9.75. The van der Waals surface area contributed by atoms with E-state index in [1.54, 1.807) is 0 Å². The van der Waals surface area contributed by atoms with Crippen molar-refractivity contribution in [2.75, 3.05) is 0 Å². The third-order valence-corrected chi connectivity index (χ3v) is 6.83. The van der Waals surface area contributed by atoms with E-state index in [0.29, 0.717) is 0 Å². The van der Waals surface area contributed by atoms with Gasteiger partial charge in [-0.25, -0.2) is 14.1 Å². The maximum atomic E-state index is 4.99. The molecule has 28 heavy (non-hydrogen) atoms. The molecule has 0 unspecified atom stereocenters. The molecule has 0 amide bonds. The molecule has 4 rings (SSSR count). The summed E-state index contributed by atoms with van der Waals surface area (Å²) in [7, 11) is 2.18. The van der Waals surface area contributed by atoms with Gasteiger partial charge in [-0.2, -0.15) is 0 Å². The minimum absolute atomic E-state index is 0.0393. The quantitative estimate of drug-likeness (QED) is 0.359. The third kappa shape index (κ3) is 2.86. The number of hydrogen-bond donors (Lipinski definition) is 0. The van der Waals surface area contributed by atoms with Gasteiger partial charge < -0.3 is 0 Å². The van der Waals surface area contributed by atoms with E-state index < -0.39 is 0 Å². The summed E-state index contributed by atoms with van der Waals surface area (Å²) < 4.78 is 6.12. The van der Waals surface area contributed by atoms with Crippen LogP contribution in [0.4, 0.5) is 0 Å². The topological polar surface area (TPSA) is 21.7 Å². The first kappa shape index (κ1) is 19.1. The fourth-order valence-electron chi connectivity index (χ4n) is 3.96. The average molecular weight is 393 g/mol. The highest BCUT2D eigenvalue weighted by molar-refractivity contribution is 7.19. The highest BCUT2D eigenvalue weighted by Crippen LogP contribution is 2.40. The molecule has 0 fully saturated rings. The van der Waals surface area contributed by atoms with Crippen LogP contribution in [0.5, 0.6) is 0 Å². The van der Waals surface area contributed by atoms with Crippen LogP contribution < -0.4 is 4.57 Å². The van der Waals surface area contributed by atoms with Gasteiger partial charge in [0, 0.05) is 5.41 Å². The molecule has 3 nitrogen and oxygen atoms in total. The van der Waals surface area contributed by atoms with Crippen LogP contribution in [0.25, 0.3) is 32.6 Å². The third-order valence-electron chi connectivity index (χ3n) is 5.32. The Hall–Kier alpha value is -2.20. The lowest BCUT2D eigenvalue weighted by Gasteiger charge is -2.19. The molecule has 0 aliphatic heterocycles. The van der Waals surface area contributed by atoms with Crippen LogP contribution in [-0.2, 0) is 18.0 Å². The predicted octanol–water partition coefficient (Wildman–Crippen LogP) is 6.10. The van der Waals surface area contributed by atoms with Crippen LogP contribution in [0.1, 0.15) is 52.1 Å². The standard InChI is InChI=1S/C24H30N3S/c1-15-13-14-16-20(28-22(25-16)23(2,3)4)19(15)21-26(8)17-11-9-10-12-18(17)27(21)24(5,6)7/h9-14H,1-8H3/q+1. The van der Waals surface area contributed by atoms with E-state index >= 15 is 0 Å². The van der Waals surface area contributed by atoms with E-state index in [-0.39, 0.29) is 11.0 Å². The van der Waals surface area contributed by atoms with Crippen molar-refractivity contribution in [3.05, 3.63) is 47.0 Å². The predicted molar refractivity (Wildman–Crippen MR) is 120 cm³/mol. The molecule has 0 aliphatic carbocycles. The van der Waals surface area contributed by atoms with Crippen molar-refractivity contribution >= 4 is 32.6 Å². The molecule has 0 saturated carbocycles. The SMILES string of the molecule is Cc1ccc2nc(C(C)(C)C)sc2c1-c1n(C(C)(C)C)c2ccccc2[n+]1C. The van der Waals surface area contributed by atoms with Crippen molar-refractivity contribution < 1.29 is 4.57 Å². The zero-order chi connectivity index (χ0) is 20.4. The van der Waals surface area contributed by atoms with Crippen LogP contribution in [0.3, 0.4) is 0 Å². The molecule has 0 radical (unpaired) electrons. The Balaban J connectivity index is 2.17. The van der Waals surface area contributed by atoms with Crippen molar-refractivity contribution in [1.82, 2.24) is 9.55 Å². The van der Waals surface area contributed by atoms with E-state index in [2.05, 4.69) is 101 Å². The highest BCUT2D eigenvalue weighted by Gasteiger charge is 2.34. The van der Waals surface area contributed by atoms with Gasteiger partial charge in [-0.05, 0) is 51.5 Å². The number of fused-ring (bicyclic) bond motifs is 2. The number of aryl methyl sites for hydroxylation is 2. The first-order valence-electron chi connectivity index (χ1n) is 9.91. The number of imidazole rings is 1. The first-order valence-corrected chi connectivity index (χ1v) is 10.7. The van der Waals surface area contributed by atoms with E-state index in [1.165, 1.54) is 37.7 Å².